The molecule has 0 saturated heterocycles. The SMILES string of the molecule is CCC1(O)CCCc2oc(C(C)(C)CCC3(C)CCc4oc(C(C)(C)C)cc4C3O)cc21. The van der Waals surface area contributed by atoms with E-state index >= 15 is 0 Å². The summed E-state index contributed by atoms with van der Waals surface area (Å²) >= 11 is 0. The summed E-state index contributed by atoms with van der Waals surface area (Å²) in [6, 6.07) is 4.19. The van der Waals surface area contributed by atoms with Crippen LogP contribution in [0.5, 0.6) is 0 Å². The van der Waals surface area contributed by atoms with Gasteiger partial charge >= 0.3 is 0 Å². The molecular weight excluding hydrogens is 400 g/mol. The summed E-state index contributed by atoms with van der Waals surface area (Å²) in [7, 11) is 0. The summed E-state index contributed by atoms with van der Waals surface area (Å²) in [6.07, 6.45) is 6.49. The Morgan fingerprint density at radius 1 is 1.00 bits per heavy atom. The largest absolute Gasteiger partial charge is 0.465 e. The van der Waals surface area contributed by atoms with E-state index in [1.165, 1.54) is 0 Å². The lowest BCUT2D eigenvalue weighted by atomic mass is 9.67. The van der Waals surface area contributed by atoms with Crippen LogP contribution in [0, 0.1) is 5.41 Å². The lowest BCUT2D eigenvalue weighted by Gasteiger charge is -2.39. The molecule has 0 aliphatic heterocycles. The van der Waals surface area contributed by atoms with E-state index in [0.29, 0.717) is 6.42 Å². The van der Waals surface area contributed by atoms with Crippen molar-refractivity contribution >= 4 is 0 Å². The molecule has 4 rings (SSSR count). The molecule has 2 N–H and O–H groups in total. The van der Waals surface area contributed by atoms with Crippen LogP contribution in [0.3, 0.4) is 0 Å². The molecule has 2 aliphatic carbocycles. The third kappa shape index (κ3) is 3.98. The van der Waals surface area contributed by atoms with Crippen LogP contribution in [0.25, 0.3) is 0 Å². The first-order chi connectivity index (χ1) is 14.8. The van der Waals surface area contributed by atoms with Gasteiger partial charge in [-0.05, 0) is 56.1 Å². The van der Waals surface area contributed by atoms with Crippen LogP contribution in [0.4, 0.5) is 0 Å². The maximum atomic E-state index is 11.3. The summed E-state index contributed by atoms with van der Waals surface area (Å²) in [4.78, 5) is 0. The third-order valence-corrected chi connectivity index (χ3v) is 8.34. The fourth-order valence-corrected chi connectivity index (χ4v) is 5.52. The van der Waals surface area contributed by atoms with Gasteiger partial charge in [0.15, 0.2) is 0 Å². The highest BCUT2D eigenvalue weighted by Crippen LogP contribution is 2.51. The van der Waals surface area contributed by atoms with Gasteiger partial charge in [-0.1, -0.05) is 48.5 Å². The van der Waals surface area contributed by atoms with Gasteiger partial charge in [-0.3, -0.25) is 0 Å². The number of fused-ring (bicyclic) bond motifs is 2. The number of aryl methyl sites for hydroxylation is 2. The van der Waals surface area contributed by atoms with Crippen molar-refractivity contribution < 1.29 is 19.0 Å². The second-order valence-corrected chi connectivity index (χ2v) is 12.4. The Hall–Kier alpha value is -1.52. The summed E-state index contributed by atoms with van der Waals surface area (Å²) in [5.41, 5.74) is 0.800. The van der Waals surface area contributed by atoms with Crippen LogP contribution in [-0.2, 0) is 29.3 Å². The number of hydrogen-bond acceptors (Lipinski definition) is 4. The molecule has 2 heterocycles. The molecule has 178 valence electrons. The molecule has 0 bridgehead atoms. The molecule has 0 aromatic carbocycles. The van der Waals surface area contributed by atoms with Crippen molar-refractivity contribution in [3.05, 3.63) is 46.3 Å². The van der Waals surface area contributed by atoms with E-state index in [1.54, 1.807) is 0 Å². The van der Waals surface area contributed by atoms with Gasteiger partial charge in [0.2, 0.25) is 0 Å². The van der Waals surface area contributed by atoms with Gasteiger partial charge in [-0.25, -0.2) is 0 Å². The standard InChI is InChI=1S/C28H42O4/c1-8-28(30)12-9-10-21-19(28)17-23(32-21)26(5,6)14-15-27(7)13-11-20-18(24(27)29)16-22(31-20)25(2,3)4/h16-17,24,29-30H,8-15H2,1-7H3. The van der Waals surface area contributed by atoms with Crippen LogP contribution in [0.2, 0.25) is 0 Å². The van der Waals surface area contributed by atoms with Crippen molar-refractivity contribution in [3.63, 3.8) is 0 Å². The first-order valence-electron chi connectivity index (χ1n) is 12.5. The average molecular weight is 443 g/mol. The van der Waals surface area contributed by atoms with Crippen molar-refractivity contribution in [2.24, 2.45) is 5.41 Å². The molecular formula is C28H42O4. The van der Waals surface area contributed by atoms with E-state index in [0.717, 1.165) is 79.1 Å². The molecule has 0 saturated carbocycles. The monoisotopic (exact) mass is 442 g/mol. The number of furan rings is 2. The average Bonchev–Trinajstić information content (AvgIpc) is 3.36. The molecule has 0 amide bonds. The zero-order valence-electron chi connectivity index (χ0n) is 21.1. The quantitative estimate of drug-likeness (QED) is 0.531. The first-order valence-corrected chi connectivity index (χ1v) is 12.5. The predicted octanol–water partition coefficient (Wildman–Crippen LogP) is 6.85. The minimum absolute atomic E-state index is 0.0612. The molecule has 2 aromatic rings. The Morgan fingerprint density at radius 3 is 2.34 bits per heavy atom. The van der Waals surface area contributed by atoms with Gasteiger partial charge in [0.25, 0.3) is 0 Å². The van der Waals surface area contributed by atoms with Gasteiger partial charge in [0.05, 0.1) is 11.7 Å². The first kappa shape index (κ1) is 23.6. The van der Waals surface area contributed by atoms with Gasteiger partial charge < -0.3 is 19.0 Å². The Kier molecular flexibility index (Phi) is 5.74. The lowest BCUT2D eigenvalue weighted by Crippen LogP contribution is -2.32. The van der Waals surface area contributed by atoms with Crippen LogP contribution < -0.4 is 0 Å². The normalized spacial score (nSPS) is 28.5. The van der Waals surface area contributed by atoms with Crippen molar-refractivity contribution in [2.45, 2.75) is 122 Å². The van der Waals surface area contributed by atoms with Crippen LogP contribution >= 0.6 is 0 Å². The van der Waals surface area contributed by atoms with Gasteiger partial charge in [0.1, 0.15) is 23.0 Å². The van der Waals surface area contributed by atoms with Crippen LogP contribution in [0.15, 0.2) is 21.0 Å². The number of aliphatic hydroxyl groups excluding tert-OH is 1. The van der Waals surface area contributed by atoms with E-state index in [9.17, 15) is 10.2 Å². The summed E-state index contributed by atoms with van der Waals surface area (Å²) < 4.78 is 12.5. The molecule has 0 radical (unpaired) electrons. The Balaban J connectivity index is 1.52. The van der Waals surface area contributed by atoms with E-state index in [-0.39, 0.29) is 16.2 Å². The second-order valence-electron chi connectivity index (χ2n) is 12.4. The molecule has 0 fully saturated rings. The summed E-state index contributed by atoms with van der Waals surface area (Å²) in [5, 5.41) is 22.4. The highest BCUT2D eigenvalue weighted by molar-refractivity contribution is 5.34. The van der Waals surface area contributed by atoms with E-state index < -0.39 is 11.7 Å². The summed E-state index contributed by atoms with van der Waals surface area (Å²) in [5.74, 6) is 3.84. The Bertz CT molecular complexity index is 972. The maximum Gasteiger partial charge on any atom is 0.110 e. The molecule has 4 heteroatoms. The lowest BCUT2D eigenvalue weighted by molar-refractivity contribution is 0.00532. The Labute approximate surface area is 193 Å². The fourth-order valence-electron chi connectivity index (χ4n) is 5.52. The maximum absolute atomic E-state index is 11.3. The molecule has 32 heavy (non-hydrogen) atoms. The topological polar surface area (TPSA) is 66.7 Å². The smallest absolute Gasteiger partial charge is 0.110 e. The van der Waals surface area contributed by atoms with Crippen molar-refractivity contribution in [2.75, 3.05) is 0 Å². The van der Waals surface area contributed by atoms with Gasteiger partial charge in [-0.15, -0.1) is 0 Å². The predicted molar refractivity (Wildman–Crippen MR) is 127 cm³/mol. The highest BCUT2D eigenvalue weighted by atomic mass is 16.4. The summed E-state index contributed by atoms with van der Waals surface area (Å²) in [6.45, 7) is 15.1. The highest BCUT2D eigenvalue weighted by Gasteiger charge is 2.43. The molecule has 3 unspecified atom stereocenters. The van der Waals surface area contributed by atoms with Crippen LogP contribution in [0.1, 0.15) is 127 Å². The molecule has 0 spiro atoms. The molecule has 4 nitrogen and oxygen atoms in total. The van der Waals surface area contributed by atoms with Crippen molar-refractivity contribution in [3.8, 4) is 0 Å². The van der Waals surface area contributed by atoms with E-state index in [1.807, 2.05) is 6.92 Å². The van der Waals surface area contributed by atoms with E-state index in [4.69, 9.17) is 8.83 Å². The number of hydrogen-bond donors (Lipinski definition) is 2. The number of aliphatic hydroxyl groups is 2. The van der Waals surface area contributed by atoms with Gasteiger partial charge in [0, 0.05) is 34.8 Å². The third-order valence-electron chi connectivity index (χ3n) is 8.34. The van der Waals surface area contributed by atoms with E-state index in [2.05, 4.69) is 53.7 Å². The number of rotatable bonds is 5. The fraction of sp³-hybridized carbons (Fsp3) is 0.714. The van der Waals surface area contributed by atoms with Gasteiger partial charge in [-0.2, -0.15) is 0 Å². The molecule has 3 atom stereocenters. The second kappa shape index (κ2) is 7.77. The van der Waals surface area contributed by atoms with Crippen molar-refractivity contribution in [1.29, 1.82) is 0 Å². The Morgan fingerprint density at radius 2 is 1.69 bits per heavy atom. The van der Waals surface area contributed by atoms with Crippen molar-refractivity contribution in [1.82, 2.24) is 0 Å². The van der Waals surface area contributed by atoms with Crippen LogP contribution in [-0.4, -0.2) is 10.2 Å². The molecule has 2 aromatic heterocycles. The zero-order chi connectivity index (χ0) is 23.5. The minimum atomic E-state index is -0.751. The molecule has 2 aliphatic rings. The zero-order valence-corrected chi connectivity index (χ0v) is 21.1. The minimum Gasteiger partial charge on any atom is -0.465 e.